The Morgan fingerprint density at radius 2 is 2.05 bits per heavy atom. The molecule has 2 heterocycles. The molecule has 2 nitrogen and oxygen atoms in total. The number of hydrogen-bond acceptors (Lipinski definition) is 3. The summed E-state index contributed by atoms with van der Waals surface area (Å²) in [6.45, 7) is 5.74. The largest absolute Gasteiger partial charge is 0.326 e. The molecule has 0 spiro atoms. The van der Waals surface area contributed by atoms with E-state index in [1.165, 1.54) is 55.5 Å². The average molecular weight is 307 g/mol. The van der Waals surface area contributed by atoms with Crippen molar-refractivity contribution >= 4 is 11.3 Å². The minimum absolute atomic E-state index is 0.267. The Morgan fingerprint density at radius 3 is 2.76 bits per heavy atom. The molecule has 0 aromatic carbocycles. The highest BCUT2D eigenvalue weighted by molar-refractivity contribution is 7.10. The quantitative estimate of drug-likeness (QED) is 0.888. The average Bonchev–Trinajstić information content (AvgIpc) is 2.93. The van der Waals surface area contributed by atoms with Crippen molar-refractivity contribution in [2.75, 3.05) is 6.54 Å². The Morgan fingerprint density at radius 1 is 1.29 bits per heavy atom. The van der Waals surface area contributed by atoms with Crippen LogP contribution in [0.1, 0.15) is 68.4 Å². The van der Waals surface area contributed by atoms with Crippen molar-refractivity contribution in [3.8, 4) is 0 Å². The van der Waals surface area contributed by atoms with Gasteiger partial charge in [-0.15, -0.1) is 11.3 Å². The summed E-state index contributed by atoms with van der Waals surface area (Å²) in [5, 5.41) is 2.24. The monoisotopic (exact) mass is 306 g/mol. The Balaban J connectivity index is 1.90. The normalized spacial score (nSPS) is 29.9. The van der Waals surface area contributed by atoms with Gasteiger partial charge >= 0.3 is 0 Å². The van der Waals surface area contributed by atoms with Crippen LogP contribution in [0, 0.1) is 12.8 Å². The highest BCUT2D eigenvalue weighted by atomic mass is 32.1. The molecule has 4 unspecified atom stereocenters. The third-order valence-electron chi connectivity index (χ3n) is 5.69. The van der Waals surface area contributed by atoms with Gasteiger partial charge in [-0.3, -0.25) is 4.90 Å². The number of thiophene rings is 1. The first-order valence-corrected chi connectivity index (χ1v) is 9.65. The highest BCUT2D eigenvalue weighted by Crippen LogP contribution is 2.42. The van der Waals surface area contributed by atoms with E-state index in [2.05, 4.69) is 30.2 Å². The van der Waals surface area contributed by atoms with Gasteiger partial charge in [-0.1, -0.05) is 19.8 Å². The lowest BCUT2D eigenvalue weighted by atomic mass is 9.77. The van der Waals surface area contributed by atoms with Crippen LogP contribution in [0.25, 0.3) is 0 Å². The lowest BCUT2D eigenvalue weighted by Gasteiger charge is -2.49. The molecule has 0 radical (unpaired) electrons. The molecule has 2 fully saturated rings. The van der Waals surface area contributed by atoms with E-state index in [0.717, 1.165) is 18.4 Å². The maximum atomic E-state index is 6.59. The molecule has 1 aromatic rings. The minimum atomic E-state index is 0.267. The fourth-order valence-corrected chi connectivity index (χ4v) is 5.63. The topological polar surface area (TPSA) is 29.3 Å². The number of nitrogens with zero attached hydrogens (tertiary/aromatic N) is 1. The highest BCUT2D eigenvalue weighted by Gasteiger charge is 2.39. The van der Waals surface area contributed by atoms with Crippen LogP contribution in [0.5, 0.6) is 0 Å². The first kappa shape index (κ1) is 15.5. The van der Waals surface area contributed by atoms with Crippen molar-refractivity contribution in [1.82, 2.24) is 4.90 Å². The molecule has 1 aliphatic carbocycles. The minimum Gasteiger partial charge on any atom is -0.326 e. The molecule has 2 aliphatic rings. The predicted molar refractivity (Wildman–Crippen MR) is 91.7 cm³/mol. The zero-order valence-electron chi connectivity index (χ0n) is 13.6. The van der Waals surface area contributed by atoms with Crippen LogP contribution in [0.4, 0.5) is 0 Å². The summed E-state index contributed by atoms with van der Waals surface area (Å²) in [6.07, 6.45) is 9.56. The molecular formula is C18H30N2S. The second kappa shape index (κ2) is 6.80. The van der Waals surface area contributed by atoms with Crippen LogP contribution < -0.4 is 5.73 Å². The van der Waals surface area contributed by atoms with E-state index in [1.54, 1.807) is 0 Å². The molecule has 21 heavy (non-hydrogen) atoms. The van der Waals surface area contributed by atoms with Crippen molar-refractivity contribution < 1.29 is 0 Å². The zero-order chi connectivity index (χ0) is 14.8. The molecule has 1 aliphatic heterocycles. The van der Waals surface area contributed by atoms with E-state index < -0.39 is 0 Å². The van der Waals surface area contributed by atoms with E-state index in [0.29, 0.717) is 6.04 Å². The molecule has 1 saturated carbocycles. The van der Waals surface area contributed by atoms with Gasteiger partial charge in [0.25, 0.3) is 0 Å². The fraction of sp³-hybridized carbons (Fsp3) is 0.778. The van der Waals surface area contributed by atoms with E-state index in [9.17, 15) is 0 Å². The van der Waals surface area contributed by atoms with E-state index in [1.807, 2.05) is 11.3 Å². The van der Waals surface area contributed by atoms with E-state index in [-0.39, 0.29) is 6.04 Å². The Hall–Kier alpha value is -0.380. The molecular weight excluding hydrogens is 276 g/mol. The molecule has 0 bridgehead atoms. The molecule has 1 saturated heterocycles. The van der Waals surface area contributed by atoms with Gasteiger partial charge in [0.2, 0.25) is 0 Å². The van der Waals surface area contributed by atoms with Gasteiger partial charge in [0, 0.05) is 17.0 Å². The van der Waals surface area contributed by atoms with Gasteiger partial charge in [0.15, 0.2) is 0 Å². The van der Waals surface area contributed by atoms with Crippen LogP contribution in [-0.2, 0) is 0 Å². The second-order valence-electron chi connectivity index (χ2n) is 6.98. The van der Waals surface area contributed by atoms with Crippen LogP contribution >= 0.6 is 11.3 Å². The van der Waals surface area contributed by atoms with Gasteiger partial charge < -0.3 is 5.73 Å². The number of fused-ring (bicyclic) bond motifs is 1. The fourth-order valence-electron chi connectivity index (χ4n) is 4.51. The Bertz CT molecular complexity index is 454. The van der Waals surface area contributed by atoms with Gasteiger partial charge in [-0.05, 0) is 68.5 Å². The molecule has 118 valence electrons. The molecule has 2 N–H and O–H groups in total. The van der Waals surface area contributed by atoms with Gasteiger partial charge in [-0.25, -0.2) is 0 Å². The predicted octanol–water partition coefficient (Wildman–Crippen LogP) is 4.49. The van der Waals surface area contributed by atoms with Gasteiger partial charge in [-0.2, -0.15) is 0 Å². The Labute approximate surface area is 133 Å². The van der Waals surface area contributed by atoms with Crippen molar-refractivity contribution in [2.45, 2.75) is 76.9 Å². The SMILES string of the molecule is CCC(N)C(c1sccc1C)N1CCCC2CCCCC21. The van der Waals surface area contributed by atoms with E-state index >= 15 is 0 Å². The summed E-state index contributed by atoms with van der Waals surface area (Å²) < 4.78 is 0. The maximum absolute atomic E-state index is 6.59. The first-order chi connectivity index (χ1) is 10.2. The zero-order valence-corrected chi connectivity index (χ0v) is 14.4. The van der Waals surface area contributed by atoms with Crippen molar-refractivity contribution in [3.63, 3.8) is 0 Å². The number of aryl methyl sites for hydroxylation is 1. The van der Waals surface area contributed by atoms with Crippen molar-refractivity contribution in [2.24, 2.45) is 11.7 Å². The number of piperidine rings is 1. The lowest BCUT2D eigenvalue weighted by molar-refractivity contribution is 0.0165. The molecule has 0 amide bonds. The summed E-state index contributed by atoms with van der Waals surface area (Å²) in [6, 6.07) is 3.76. The van der Waals surface area contributed by atoms with Gasteiger partial charge in [0.05, 0.1) is 6.04 Å². The summed E-state index contributed by atoms with van der Waals surface area (Å²) >= 11 is 1.91. The number of likely N-dealkylation sites (tertiary alicyclic amines) is 1. The standard InChI is InChI=1S/C18H30N2S/c1-3-15(19)17(18-13(2)10-12-21-18)20-11-6-8-14-7-4-5-9-16(14)20/h10,12,14-17H,3-9,11,19H2,1-2H3. The van der Waals surface area contributed by atoms with Crippen molar-refractivity contribution in [3.05, 3.63) is 21.9 Å². The molecule has 3 rings (SSSR count). The number of nitrogens with two attached hydrogens (primary N) is 1. The second-order valence-corrected chi connectivity index (χ2v) is 7.92. The summed E-state index contributed by atoms with van der Waals surface area (Å²) in [5.41, 5.74) is 8.03. The number of rotatable bonds is 4. The Kier molecular flexibility index (Phi) is 5.03. The van der Waals surface area contributed by atoms with Crippen LogP contribution in [0.3, 0.4) is 0 Å². The third-order valence-corrected chi connectivity index (χ3v) is 6.78. The van der Waals surface area contributed by atoms with Gasteiger partial charge in [0.1, 0.15) is 0 Å². The first-order valence-electron chi connectivity index (χ1n) is 8.77. The van der Waals surface area contributed by atoms with Crippen LogP contribution in [-0.4, -0.2) is 23.5 Å². The summed E-state index contributed by atoms with van der Waals surface area (Å²) in [5.74, 6) is 0.930. The molecule has 3 heteroatoms. The maximum Gasteiger partial charge on any atom is 0.0598 e. The van der Waals surface area contributed by atoms with Crippen LogP contribution in [0.15, 0.2) is 11.4 Å². The lowest BCUT2D eigenvalue weighted by Crippen LogP contribution is -2.52. The molecule has 4 atom stereocenters. The molecule has 1 aromatic heterocycles. The van der Waals surface area contributed by atoms with E-state index in [4.69, 9.17) is 5.73 Å². The summed E-state index contributed by atoms with van der Waals surface area (Å²) in [7, 11) is 0. The summed E-state index contributed by atoms with van der Waals surface area (Å²) in [4.78, 5) is 4.33. The third kappa shape index (κ3) is 3.06. The smallest absolute Gasteiger partial charge is 0.0598 e. The van der Waals surface area contributed by atoms with Crippen molar-refractivity contribution in [1.29, 1.82) is 0 Å². The number of hydrogen-bond donors (Lipinski definition) is 1. The van der Waals surface area contributed by atoms with Crippen LogP contribution in [0.2, 0.25) is 0 Å².